The van der Waals surface area contributed by atoms with Crippen molar-refractivity contribution >= 4 is 5.91 Å². The van der Waals surface area contributed by atoms with Crippen molar-refractivity contribution in [3.05, 3.63) is 0 Å². The molecule has 4 aliphatic carbocycles. The van der Waals surface area contributed by atoms with Gasteiger partial charge < -0.3 is 11.1 Å². The van der Waals surface area contributed by atoms with Crippen molar-refractivity contribution in [3.63, 3.8) is 0 Å². The van der Waals surface area contributed by atoms with Gasteiger partial charge in [-0.1, -0.05) is 0 Å². The Bertz CT molecular complexity index is 536. The lowest BCUT2D eigenvalue weighted by molar-refractivity contribution is -0.133. The van der Waals surface area contributed by atoms with Gasteiger partial charge in [-0.15, -0.1) is 0 Å². The highest BCUT2D eigenvalue weighted by atomic mass is 16.2. The molecule has 0 aromatic rings. The monoisotopic (exact) mass is 375 g/mol. The molecule has 27 heavy (non-hydrogen) atoms. The summed E-state index contributed by atoms with van der Waals surface area (Å²) in [7, 11) is 0. The Morgan fingerprint density at radius 3 is 2.37 bits per heavy atom. The Morgan fingerprint density at radius 1 is 1.07 bits per heavy atom. The minimum absolute atomic E-state index is 0.134. The third kappa shape index (κ3) is 3.66. The molecule has 4 bridgehead atoms. The number of piperidine rings is 1. The van der Waals surface area contributed by atoms with Gasteiger partial charge in [-0.3, -0.25) is 20.3 Å². The maximum absolute atomic E-state index is 13.2. The molecular formula is C21H37N5O. The third-order valence-corrected chi connectivity index (χ3v) is 8.10. The minimum Gasteiger partial charge on any atom is -0.350 e. The molecule has 0 aromatic carbocycles. The summed E-state index contributed by atoms with van der Waals surface area (Å²) in [5.74, 6) is 3.09. The van der Waals surface area contributed by atoms with Crippen molar-refractivity contribution in [3.8, 4) is 0 Å². The first-order chi connectivity index (χ1) is 13.0. The number of nitrogens with two attached hydrogens (primary N) is 1. The average molecular weight is 376 g/mol. The predicted octanol–water partition coefficient (Wildman–Crippen LogP) is 1.32. The Morgan fingerprint density at radius 2 is 1.74 bits per heavy atom. The van der Waals surface area contributed by atoms with Crippen LogP contribution in [-0.4, -0.2) is 47.9 Å². The number of carbonyl (C=O) groups excluding carboxylic acids is 1. The van der Waals surface area contributed by atoms with E-state index in [1.165, 1.54) is 38.5 Å². The second-order valence-electron chi connectivity index (χ2n) is 10.5. The van der Waals surface area contributed by atoms with E-state index in [1.807, 2.05) is 0 Å². The van der Waals surface area contributed by atoms with Gasteiger partial charge in [0, 0.05) is 18.1 Å². The van der Waals surface area contributed by atoms with E-state index < -0.39 is 0 Å². The van der Waals surface area contributed by atoms with Crippen molar-refractivity contribution in [2.75, 3.05) is 13.1 Å². The van der Waals surface area contributed by atoms with Crippen molar-refractivity contribution < 1.29 is 4.79 Å². The Hall–Kier alpha value is -0.690. The first kappa shape index (κ1) is 18.3. The first-order valence-corrected chi connectivity index (χ1v) is 11.3. The summed E-state index contributed by atoms with van der Waals surface area (Å²) in [6, 6.07) is 0.410. The molecule has 4 atom stereocenters. The molecule has 2 saturated heterocycles. The highest BCUT2D eigenvalue weighted by molar-refractivity contribution is 5.80. The molecule has 2 heterocycles. The van der Waals surface area contributed by atoms with Crippen LogP contribution in [0.25, 0.3) is 0 Å². The van der Waals surface area contributed by atoms with Crippen LogP contribution in [0.1, 0.15) is 64.7 Å². The number of hydrogen-bond acceptors (Lipinski definition) is 5. The summed E-state index contributed by atoms with van der Waals surface area (Å²) in [5.41, 5.74) is 6.22. The van der Waals surface area contributed by atoms with Crippen LogP contribution in [-0.2, 0) is 4.79 Å². The number of nitrogens with zero attached hydrogens (tertiary/aromatic N) is 1. The van der Waals surface area contributed by atoms with Crippen molar-refractivity contribution in [2.24, 2.45) is 29.4 Å². The fourth-order valence-corrected chi connectivity index (χ4v) is 7.42. The number of carbonyl (C=O) groups is 1. The van der Waals surface area contributed by atoms with Crippen LogP contribution < -0.4 is 21.7 Å². The second kappa shape index (κ2) is 6.97. The van der Waals surface area contributed by atoms with Crippen LogP contribution in [0, 0.1) is 23.7 Å². The van der Waals surface area contributed by atoms with Crippen LogP contribution in [0.5, 0.6) is 0 Å². The van der Waals surface area contributed by atoms with E-state index in [4.69, 9.17) is 5.73 Å². The minimum atomic E-state index is -0.153. The molecule has 6 nitrogen and oxygen atoms in total. The zero-order chi connectivity index (χ0) is 18.6. The molecular weight excluding hydrogens is 338 g/mol. The Kier molecular flexibility index (Phi) is 4.74. The zero-order valence-corrected chi connectivity index (χ0v) is 16.8. The smallest absolute Gasteiger partial charge is 0.224 e. The molecule has 6 fully saturated rings. The SMILES string of the molecule is CC1CC(N2CCCC(C(=O)NC34CC5CC(CC(C5)C3)C4)C2)NC(N)N1. The van der Waals surface area contributed by atoms with Gasteiger partial charge in [0.2, 0.25) is 5.91 Å². The summed E-state index contributed by atoms with van der Waals surface area (Å²) < 4.78 is 0. The topological polar surface area (TPSA) is 82.4 Å². The molecule has 0 aromatic heterocycles. The largest absolute Gasteiger partial charge is 0.350 e. The molecule has 6 rings (SSSR count). The Balaban J connectivity index is 1.22. The maximum Gasteiger partial charge on any atom is 0.224 e. The highest BCUT2D eigenvalue weighted by Crippen LogP contribution is 2.55. The molecule has 5 N–H and O–H groups in total. The molecule has 2 aliphatic heterocycles. The summed E-state index contributed by atoms with van der Waals surface area (Å²) in [5, 5.41) is 10.4. The van der Waals surface area contributed by atoms with Crippen molar-refractivity contribution in [1.29, 1.82) is 0 Å². The standard InChI is InChI=1S/C21H37N5O/c1-13-5-18(24-20(22)23-13)26-4-2-3-17(12-26)19(27)25-21-9-14-6-15(10-21)8-16(7-14)11-21/h13-18,20,23-24H,2-12,22H2,1H3,(H,25,27). The second-order valence-corrected chi connectivity index (χ2v) is 10.5. The van der Waals surface area contributed by atoms with Crippen LogP contribution in [0.15, 0.2) is 0 Å². The molecule has 0 radical (unpaired) electrons. The average Bonchev–Trinajstić information content (AvgIpc) is 2.59. The van der Waals surface area contributed by atoms with E-state index in [0.29, 0.717) is 11.9 Å². The molecule has 6 heteroatoms. The normalized spacial score (nSPS) is 49.9. The fraction of sp³-hybridized carbons (Fsp3) is 0.952. The van der Waals surface area contributed by atoms with E-state index in [2.05, 4.69) is 27.8 Å². The van der Waals surface area contributed by atoms with E-state index in [0.717, 1.165) is 50.1 Å². The van der Waals surface area contributed by atoms with Gasteiger partial charge in [0.15, 0.2) is 0 Å². The molecule has 4 unspecified atom stereocenters. The Labute approximate surface area is 163 Å². The number of amides is 1. The highest BCUT2D eigenvalue weighted by Gasteiger charge is 2.52. The van der Waals surface area contributed by atoms with Crippen LogP contribution in [0.3, 0.4) is 0 Å². The fourth-order valence-electron chi connectivity index (χ4n) is 7.42. The third-order valence-electron chi connectivity index (χ3n) is 8.10. The number of hydrogen-bond donors (Lipinski definition) is 4. The van der Waals surface area contributed by atoms with Gasteiger partial charge in [0.1, 0.15) is 6.29 Å². The van der Waals surface area contributed by atoms with Gasteiger partial charge >= 0.3 is 0 Å². The molecule has 0 spiro atoms. The number of nitrogens with one attached hydrogen (secondary N) is 3. The van der Waals surface area contributed by atoms with Crippen LogP contribution >= 0.6 is 0 Å². The van der Waals surface area contributed by atoms with Gasteiger partial charge in [-0.05, 0) is 89.0 Å². The van der Waals surface area contributed by atoms with E-state index >= 15 is 0 Å². The van der Waals surface area contributed by atoms with E-state index in [9.17, 15) is 4.79 Å². The number of rotatable bonds is 3. The van der Waals surface area contributed by atoms with E-state index in [-0.39, 0.29) is 23.9 Å². The lowest BCUT2D eigenvalue weighted by Crippen LogP contribution is -2.67. The van der Waals surface area contributed by atoms with Crippen molar-refractivity contribution in [1.82, 2.24) is 20.9 Å². The lowest BCUT2D eigenvalue weighted by atomic mass is 9.53. The van der Waals surface area contributed by atoms with Gasteiger partial charge in [-0.25, -0.2) is 0 Å². The molecule has 4 saturated carbocycles. The number of likely N-dealkylation sites (tertiary alicyclic amines) is 1. The van der Waals surface area contributed by atoms with Gasteiger partial charge in [-0.2, -0.15) is 0 Å². The van der Waals surface area contributed by atoms with Crippen LogP contribution in [0.4, 0.5) is 0 Å². The van der Waals surface area contributed by atoms with Crippen LogP contribution in [0.2, 0.25) is 0 Å². The predicted molar refractivity (Wildman–Crippen MR) is 105 cm³/mol. The summed E-state index contributed by atoms with van der Waals surface area (Å²) >= 11 is 0. The molecule has 1 amide bonds. The van der Waals surface area contributed by atoms with Gasteiger partial charge in [0.05, 0.1) is 12.1 Å². The zero-order valence-electron chi connectivity index (χ0n) is 16.8. The summed E-state index contributed by atoms with van der Waals surface area (Å²) in [4.78, 5) is 15.7. The maximum atomic E-state index is 13.2. The van der Waals surface area contributed by atoms with Crippen molar-refractivity contribution in [2.45, 2.75) is 88.7 Å². The summed E-state index contributed by atoms with van der Waals surface area (Å²) in [6.07, 6.45) is 11.3. The van der Waals surface area contributed by atoms with Gasteiger partial charge in [0.25, 0.3) is 0 Å². The first-order valence-electron chi connectivity index (χ1n) is 11.3. The molecule has 152 valence electrons. The summed E-state index contributed by atoms with van der Waals surface area (Å²) in [6.45, 7) is 4.13. The lowest BCUT2D eigenvalue weighted by Gasteiger charge is -2.57. The quantitative estimate of drug-likeness (QED) is 0.598. The van der Waals surface area contributed by atoms with E-state index in [1.54, 1.807) is 0 Å². The molecule has 6 aliphatic rings.